The van der Waals surface area contributed by atoms with Gasteiger partial charge in [-0.25, -0.2) is 0 Å². The molecule has 116 valence electrons. The van der Waals surface area contributed by atoms with E-state index in [-0.39, 0.29) is 24.0 Å². The molecule has 1 amide bonds. The summed E-state index contributed by atoms with van der Waals surface area (Å²) in [6.45, 7) is 7.90. The minimum Gasteiger partial charge on any atom is -0.377 e. The maximum Gasteiger partial charge on any atom is 0.230 e. The van der Waals surface area contributed by atoms with E-state index in [2.05, 4.69) is 37.5 Å². The van der Waals surface area contributed by atoms with Gasteiger partial charge in [-0.2, -0.15) is 0 Å². The normalized spacial score (nSPS) is 23.0. The van der Waals surface area contributed by atoms with Gasteiger partial charge in [0.2, 0.25) is 5.91 Å². The third-order valence-electron chi connectivity index (χ3n) is 4.11. The molecule has 3 atom stereocenters. The largest absolute Gasteiger partial charge is 0.377 e. The highest BCUT2D eigenvalue weighted by Crippen LogP contribution is 2.25. The number of carbonyl (C=O) groups is 1. The van der Waals surface area contributed by atoms with E-state index in [1.54, 1.807) is 0 Å². The Kier molecular flexibility index (Phi) is 5.76. The highest BCUT2D eigenvalue weighted by atomic mass is 16.5. The minimum atomic E-state index is -0.0233. The van der Waals surface area contributed by atoms with Gasteiger partial charge in [0.25, 0.3) is 0 Å². The third-order valence-corrected chi connectivity index (χ3v) is 4.11. The number of hydrogen-bond acceptors (Lipinski definition) is 3. The number of nitrogens with one attached hydrogen (secondary N) is 2. The van der Waals surface area contributed by atoms with Gasteiger partial charge in [0.1, 0.15) is 0 Å². The van der Waals surface area contributed by atoms with Crippen LogP contribution in [0.1, 0.15) is 45.2 Å². The van der Waals surface area contributed by atoms with Crippen molar-refractivity contribution in [3.8, 4) is 0 Å². The molecule has 1 aromatic carbocycles. The van der Waals surface area contributed by atoms with Gasteiger partial charge in [0.05, 0.1) is 12.0 Å². The van der Waals surface area contributed by atoms with Crippen molar-refractivity contribution in [3.63, 3.8) is 0 Å². The highest BCUT2D eigenvalue weighted by molar-refractivity contribution is 5.93. The Bertz CT molecular complexity index is 476. The fourth-order valence-corrected chi connectivity index (χ4v) is 2.90. The van der Waals surface area contributed by atoms with E-state index < -0.39 is 0 Å². The van der Waals surface area contributed by atoms with Crippen molar-refractivity contribution in [1.29, 1.82) is 0 Å². The fraction of sp³-hybridized carbons (Fsp3) is 0.588. The Hall–Kier alpha value is -1.39. The number of carbonyl (C=O) groups excluding carboxylic acids is 1. The summed E-state index contributed by atoms with van der Waals surface area (Å²) in [4.78, 5) is 12.4. The van der Waals surface area contributed by atoms with Gasteiger partial charge >= 0.3 is 0 Å². The summed E-state index contributed by atoms with van der Waals surface area (Å²) in [7, 11) is 0. The first kappa shape index (κ1) is 16.0. The predicted octanol–water partition coefficient (Wildman–Crippen LogP) is 3.11. The van der Waals surface area contributed by atoms with Crippen LogP contribution in [0.25, 0.3) is 0 Å². The number of anilines is 1. The molecule has 1 aliphatic rings. The van der Waals surface area contributed by atoms with Crippen molar-refractivity contribution in [2.75, 3.05) is 18.5 Å². The SMILES string of the molecule is CCNC(C)c1cccc(NC(=O)C2CCOC2CC)c1. The molecule has 1 saturated heterocycles. The summed E-state index contributed by atoms with van der Waals surface area (Å²) in [5.41, 5.74) is 2.05. The van der Waals surface area contributed by atoms with E-state index in [4.69, 9.17) is 4.74 Å². The van der Waals surface area contributed by atoms with Crippen LogP contribution in [0.3, 0.4) is 0 Å². The molecule has 0 spiro atoms. The van der Waals surface area contributed by atoms with E-state index >= 15 is 0 Å². The van der Waals surface area contributed by atoms with Crippen molar-refractivity contribution in [2.45, 2.75) is 45.8 Å². The summed E-state index contributed by atoms with van der Waals surface area (Å²) in [6, 6.07) is 8.33. The van der Waals surface area contributed by atoms with Gasteiger partial charge in [-0.1, -0.05) is 26.0 Å². The van der Waals surface area contributed by atoms with Crippen molar-refractivity contribution < 1.29 is 9.53 Å². The monoisotopic (exact) mass is 290 g/mol. The molecule has 0 radical (unpaired) electrons. The molecule has 1 fully saturated rings. The van der Waals surface area contributed by atoms with Gasteiger partial charge in [0, 0.05) is 18.3 Å². The van der Waals surface area contributed by atoms with Gasteiger partial charge in [0.15, 0.2) is 0 Å². The number of hydrogen-bond donors (Lipinski definition) is 2. The fourth-order valence-electron chi connectivity index (χ4n) is 2.90. The van der Waals surface area contributed by atoms with Crippen LogP contribution in [0.4, 0.5) is 5.69 Å². The topological polar surface area (TPSA) is 50.4 Å². The van der Waals surface area contributed by atoms with Crippen LogP contribution in [-0.2, 0) is 9.53 Å². The average molecular weight is 290 g/mol. The average Bonchev–Trinajstić information content (AvgIpc) is 2.96. The lowest BCUT2D eigenvalue weighted by molar-refractivity contribution is -0.121. The Morgan fingerprint density at radius 2 is 2.24 bits per heavy atom. The van der Waals surface area contributed by atoms with E-state index in [9.17, 15) is 4.79 Å². The second-order valence-electron chi connectivity index (χ2n) is 5.61. The molecule has 1 aromatic rings. The highest BCUT2D eigenvalue weighted by Gasteiger charge is 2.32. The van der Waals surface area contributed by atoms with Gasteiger partial charge in [-0.05, 0) is 44.0 Å². The molecular weight excluding hydrogens is 264 g/mol. The number of ether oxygens (including phenoxy) is 1. The van der Waals surface area contributed by atoms with E-state index in [0.717, 1.165) is 25.1 Å². The molecule has 21 heavy (non-hydrogen) atoms. The molecule has 0 aliphatic carbocycles. The van der Waals surface area contributed by atoms with Crippen molar-refractivity contribution in [2.24, 2.45) is 5.92 Å². The lowest BCUT2D eigenvalue weighted by Gasteiger charge is -2.18. The van der Waals surface area contributed by atoms with Crippen molar-refractivity contribution >= 4 is 11.6 Å². The maximum atomic E-state index is 12.4. The van der Waals surface area contributed by atoms with E-state index in [0.29, 0.717) is 6.61 Å². The second-order valence-corrected chi connectivity index (χ2v) is 5.61. The standard InChI is InChI=1S/C17H26N2O2/c1-4-16-15(9-10-21-16)17(20)19-14-8-6-7-13(11-14)12(3)18-5-2/h6-8,11-12,15-16,18H,4-5,9-10H2,1-3H3,(H,19,20). The summed E-state index contributed by atoms with van der Waals surface area (Å²) in [5.74, 6) is 0.0532. The van der Waals surface area contributed by atoms with Crippen LogP contribution < -0.4 is 10.6 Å². The third kappa shape index (κ3) is 4.05. The van der Waals surface area contributed by atoms with Crippen LogP contribution in [0.5, 0.6) is 0 Å². The molecule has 3 unspecified atom stereocenters. The van der Waals surface area contributed by atoms with Gasteiger partial charge < -0.3 is 15.4 Å². The lowest BCUT2D eigenvalue weighted by atomic mass is 9.98. The predicted molar refractivity (Wildman–Crippen MR) is 85.3 cm³/mol. The zero-order valence-corrected chi connectivity index (χ0v) is 13.2. The quantitative estimate of drug-likeness (QED) is 0.846. The van der Waals surface area contributed by atoms with Crippen LogP contribution in [0, 0.1) is 5.92 Å². The first-order chi connectivity index (χ1) is 10.2. The van der Waals surface area contributed by atoms with E-state index in [1.165, 1.54) is 5.56 Å². The van der Waals surface area contributed by atoms with Crippen LogP contribution in [0.15, 0.2) is 24.3 Å². The Labute approximate surface area is 127 Å². The smallest absolute Gasteiger partial charge is 0.230 e. The Morgan fingerprint density at radius 3 is 2.95 bits per heavy atom. The molecule has 0 saturated carbocycles. The van der Waals surface area contributed by atoms with Crippen LogP contribution in [-0.4, -0.2) is 25.2 Å². The summed E-state index contributed by atoms with van der Waals surface area (Å²) < 4.78 is 5.60. The van der Waals surface area contributed by atoms with E-state index in [1.807, 2.05) is 18.2 Å². The first-order valence-electron chi connectivity index (χ1n) is 7.91. The van der Waals surface area contributed by atoms with Crippen molar-refractivity contribution in [1.82, 2.24) is 5.32 Å². The zero-order valence-electron chi connectivity index (χ0n) is 13.2. The molecule has 4 heteroatoms. The summed E-state index contributed by atoms with van der Waals surface area (Å²) in [6.07, 6.45) is 1.77. The lowest BCUT2D eigenvalue weighted by Crippen LogP contribution is -2.29. The molecule has 4 nitrogen and oxygen atoms in total. The van der Waals surface area contributed by atoms with Crippen LogP contribution in [0.2, 0.25) is 0 Å². The minimum absolute atomic E-state index is 0.0233. The Morgan fingerprint density at radius 1 is 1.43 bits per heavy atom. The molecular formula is C17H26N2O2. The number of amides is 1. The number of rotatable bonds is 6. The van der Waals surface area contributed by atoms with Gasteiger partial charge in [-0.15, -0.1) is 0 Å². The molecule has 1 aliphatic heterocycles. The van der Waals surface area contributed by atoms with Gasteiger partial charge in [-0.3, -0.25) is 4.79 Å². The summed E-state index contributed by atoms with van der Waals surface area (Å²) in [5, 5.41) is 6.42. The Balaban J connectivity index is 2.02. The van der Waals surface area contributed by atoms with Crippen molar-refractivity contribution in [3.05, 3.63) is 29.8 Å². The molecule has 0 aromatic heterocycles. The maximum absolute atomic E-state index is 12.4. The second kappa shape index (κ2) is 7.57. The first-order valence-corrected chi connectivity index (χ1v) is 7.91. The number of benzene rings is 1. The molecule has 0 bridgehead atoms. The zero-order chi connectivity index (χ0) is 15.2. The molecule has 1 heterocycles. The molecule has 2 rings (SSSR count). The molecule has 2 N–H and O–H groups in total. The van der Waals surface area contributed by atoms with Crippen LogP contribution >= 0.6 is 0 Å². The summed E-state index contributed by atoms with van der Waals surface area (Å²) >= 11 is 0.